The lowest BCUT2D eigenvalue weighted by Crippen LogP contribution is -2.14. The van der Waals surface area contributed by atoms with Gasteiger partial charge in [0.15, 0.2) is 0 Å². The van der Waals surface area contributed by atoms with E-state index in [4.69, 9.17) is 4.42 Å². The molecule has 0 spiro atoms. The van der Waals surface area contributed by atoms with Crippen molar-refractivity contribution in [2.24, 2.45) is 0 Å². The molecule has 9 rings (SSSR count). The van der Waals surface area contributed by atoms with E-state index in [-0.39, 0.29) is 10.8 Å². The fourth-order valence-electron chi connectivity index (χ4n) is 7.20. The molecule has 1 aliphatic carbocycles. The molecule has 43 heavy (non-hydrogen) atoms. The maximum Gasteiger partial charge on any atom is 0.200 e. The number of fused-ring (bicyclic) bond motifs is 8. The molecule has 3 aromatic heterocycles. The first-order chi connectivity index (χ1) is 21.0. The maximum atomic E-state index is 13.2. The summed E-state index contributed by atoms with van der Waals surface area (Å²) in [6, 6.07) is 37.4. The molecule has 0 amide bonds. The number of hydrogen-bond donors (Lipinski definition) is 0. The van der Waals surface area contributed by atoms with Crippen LogP contribution in [0.1, 0.15) is 25.0 Å². The Morgan fingerprint density at radius 2 is 1.40 bits per heavy atom. The van der Waals surface area contributed by atoms with Crippen molar-refractivity contribution in [3.05, 3.63) is 143 Å². The van der Waals surface area contributed by atoms with Crippen molar-refractivity contribution in [2.45, 2.75) is 19.3 Å². The summed E-state index contributed by atoms with van der Waals surface area (Å²) in [7, 11) is 0. The number of hydrogen-bond acceptors (Lipinski definition) is 3. The van der Waals surface area contributed by atoms with Crippen molar-refractivity contribution in [2.75, 3.05) is 0 Å². The molecule has 0 saturated carbocycles. The minimum absolute atomic E-state index is 0.0118. The zero-order valence-corrected chi connectivity index (χ0v) is 23.8. The van der Waals surface area contributed by atoms with Crippen LogP contribution in [0.2, 0.25) is 0 Å². The number of benzene rings is 5. The zero-order chi connectivity index (χ0) is 28.9. The quantitative estimate of drug-likeness (QED) is 0.200. The number of nitrogens with zero attached hydrogens (tertiary/aromatic N) is 2. The lowest BCUT2D eigenvalue weighted by atomic mass is 9.82. The number of para-hydroxylation sites is 2. The minimum Gasteiger partial charge on any atom is -0.456 e. The highest BCUT2D eigenvalue weighted by atomic mass is 16.3. The number of rotatable bonds is 2. The van der Waals surface area contributed by atoms with Crippen LogP contribution < -0.4 is 5.43 Å². The molecule has 0 fully saturated rings. The molecular formula is C39H26N2O2. The second kappa shape index (κ2) is 8.52. The molecule has 3 heterocycles. The smallest absolute Gasteiger partial charge is 0.200 e. The molecule has 0 unspecified atom stereocenters. The van der Waals surface area contributed by atoms with E-state index in [0.717, 1.165) is 27.8 Å². The van der Waals surface area contributed by atoms with Gasteiger partial charge in [0.25, 0.3) is 0 Å². The Morgan fingerprint density at radius 3 is 2.30 bits per heavy atom. The van der Waals surface area contributed by atoms with Gasteiger partial charge < -0.3 is 8.98 Å². The van der Waals surface area contributed by atoms with Gasteiger partial charge >= 0.3 is 0 Å². The van der Waals surface area contributed by atoms with E-state index in [1.54, 1.807) is 0 Å². The third-order valence-electron chi connectivity index (χ3n) is 9.31. The van der Waals surface area contributed by atoms with Crippen LogP contribution in [0.3, 0.4) is 0 Å². The van der Waals surface area contributed by atoms with Crippen molar-refractivity contribution >= 4 is 43.7 Å². The SMILES string of the molecule is CC1(C)c2ccccc2-c2cc3c(cc21)c1ccncc1n3-c1ccccc1-c1ccc2c(=O)c3ccccc3oc2c1. The largest absolute Gasteiger partial charge is 0.456 e. The Labute approximate surface area is 247 Å². The van der Waals surface area contributed by atoms with Gasteiger partial charge in [0.1, 0.15) is 11.2 Å². The Morgan fingerprint density at radius 1 is 0.628 bits per heavy atom. The summed E-state index contributed by atoms with van der Waals surface area (Å²) in [5, 5.41) is 3.56. The van der Waals surface area contributed by atoms with Crippen LogP contribution in [0, 0.1) is 0 Å². The summed E-state index contributed by atoms with van der Waals surface area (Å²) in [4.78, 5) is 17.8. The van der Waals surface area contributed by atoms with Crippen LogP contribution in [0.15, 0.2) is 131 Å². The normalized spacial score (nSPS) is 13.6. The monoisotopic (exact) mass is 554 g/mol. The van der Waals surface area contributed by atoms with Crippen molar-refractivity contribution in [1.82, 2.24) is 9.55 Å². The van der Waals surface area contributed by atoms with Gasteiger partial charge in [-0.3, -0.25) is 9.78 Å². The lowest BCUT2D eigenvalue weighted by Gasteiger charge is -2.21. The highest BCUT2D eigenvalue weighted by molar-refractivity contribution is 6.11. The molecule has 5 aromatic carbocycles. The van der Waals surface area contributed by atoms with Crippen LogP contribution in [0.4, 0.5) is 0 Å². The predicted octanol–water partition coefficient (Wildman–Crippen LogP) is 9.41. The molecule has 0 saturated heterocycles. The average molecular weight is 555 g/mol. The summed E-state index contributed by atoms with van der Waals surface area (Å²) in [5.74, 6) is 0. The maximum absolute atomic E-state index is 13.2. The van der Waals surface area contributed by atoms with Crippen molar-refractivity contribution < 1.29 is 4.42 Å². The third kappa shape index (κ3) is 3.26. The number of pyridine rings is 1. The number of aromatic nitrogens is 2. The molecule has 0 radical (unpaired) electrons. The third-order valence-corrected chi connectivity index (χ3v) is 9.31. The van der Waals surface area contributed by atoms with Crippen molar-refractivity contribution in [1.29, 1.82) is 0 Å². The van der Waals surface area contributed by atoms with E-state index < -0.39 is 0 Å². The Hall–Kier alpha value is -5.48. The van der Waals surface area contributed by atoms with E-state index in [1.807, 2.05) is 54.9 Å². The van der Waals surface area contributed by atoms with Crippen LogP contribution in [0.5, 0.6) is 0 Å². The van der Waals surface area contributed by atoms with Gasteiger partial charge in [-0.05, 0) is 76.3 Å². The highest BCUT2D eigenvalue weighted by Crippen LogP contribution is 2.51. The van der Waals surface area contributed by atoms with Gasteiger partial charge in [-0.2, -0.15) is 0 Å². The first kappa shape index (κ1) is 24.2. The lowest BCUT2D eigenvalue weighted by molar-refractivity contribution is 0.660. The predicted molar refractivity (Wildman–Crippen MR) is 175 cm³/mol. The van der Waals surface area contributed by atoms with Gasteiger partial charge in [0, 0.05) is 27.9 Å². The molecule has 0 aliphatic heterocycles. The van der Waals surface area contributed by atoms with Gasteiger partial charge in [-0.1, -0.05) is 74.5 Å². The molecule has 8 aromatic rings. The van der Waals surface area contributed by atoms with Gasteiger partial charge in [-0.15, -0.1) is 0 Å². The first-order valence-electron chi connectivity index (χ1n) is 14.6. The van der Waals surface area contributed by atoms with Crippen LogP contribution in [-0.4, -0.2) is 9.55 Å². The standard InChI is InChI=1S/C39H26N2O2/c1-39(2)31-12-6-3-10-25(31)29-21-34-30(20-32(29)39)26-17-18-40-22-35(26)41(34)33-13-7-4-9-24(33)23-15-16-28-37(19-23)43-36-14-8-5-11-27(36)38(28)42/h3-22H,1-2H3. The van der Waals surface area contributed by atoms with Crippen molar-refractivity contribution in [3.63, 3.8) is 0 Å². The summed E-state index contributed by atoms with van der Waals surface area (Å²) in [6.07, 6.45) is 3.84. The van der Waals surface area contributed by atoms with Crippen molar-refractivity contribution in [3.8, 4) is 27.9 Å². The van der Waals surface area contributed by atoms with Crippen LogP contribution in [0.25, 0.3) is 71.7 Å². The molecule has 0 bridgehead atoms. The Kier molecular flexibility index (Phi) is 4.79. The Balaban J connectivity index is 1.33. The topological polar surface area (TPSA) is 48.0 Å². The highest BCUT2D eigenvalue weighted by Gasteiger charge is 2.36. The summed E-state index contributed by atoms with van der Waals surface area (Å²) in [6.45, 7) is 4.64. The van der Waals surface area contributed by atoms with Gasteiger partial charge in [-0.25, -0.2) is 0 Å². The fourth-order valence-corrected chi connectivity index (χ4v) is 7.20. The van der Waals surface area contributed by atoms with Gasteiger partial charge in [0.2, 0.25) is 5.43 Å². The fraction of sp³-hybridized carbons (Fsp3) is 0.0769. The van der Waals surface area contributed by atoms with E-state index in [9.17, 15) is 4.79 Å². The molecule has 0 atom stereocenters. The molecule has 1 aliphatic rings. The second-order valence-corrected chi connectivity index (χ2v) is 12.0. The molecule has 4 heteroatoms. The average Bonchev–Trinajstić information content (AvgIpc) is 3.48. The van der Waals surface area contributed by atoms with Crippen LogP contribution in [-0.2, 0) is 5.41 Å². The summed E-state index contributed by atoms with van der Waals surface area (Å²) >= 11 is 0. The molecular weight excluding hydrogens is 528 g/mol. The zero-order valence-electron chi connectivity index (χ0n) is 23.8. The Bertz CT molecular complexity index is 2510. The molecule has 0 N–H and O–H groups in total. The van der Waals surface area contributed by atoms with E-state index in [2.05, 4.69) is 90.1 Å². The molecule has 204 valence electrons. The second-order valence-electron chi connectivity index (χ2n) is 12.0. The van der Waals surface area contributed by atoms with Gasteiger partial charge in [0.05, 0.1) is 33.7 Å². The summed E-state index contributed by atoms with van der Waals surface area (Å²) in [5.41, 5.74) is 11.6. The van der Waals surface area contributed by atoms with E-state index in [0.29, 0.717) is 21.9 Å². The van der Waals surface area contributed by atoms with E-state index >= 15 is 0 Å². The van der Waals surface area contributed by atoms with Crippen LogP contribution >= 0.6 is 0 Å². The minimum atomic E-state index is -0.0847. The first-order valence-corrected chi connectivity index (χ1v) is 14.6. The summed E-state index contributed by atoms with van der Waals surface area (Å²) < 4.78 is 8.58. The van der Waals surface area contributed by atoms with E-state index in [1.165, 1.54) is 33.0 Å². The molecule has 4 nitrogen and oxygen atoms in total.